The molecule has 3 heterocycles. The van der Waals surface area contributed by atoms with Gasteiger partial charge in [0.2, 0.25) is 0 Å². The van der Waals surface area contributed by atoms with Crippen molar-refractivity contribution >= 4 is 30.6 Å². The van der Waals surface area contributed by atoms with Gasteiger partial charge in [-0.2, -0.15) is 0 Å². The summed E-state index contributed by atoms with van der Waals surface area (Å²) in [7, 11) is 0. The van der Waals surface area contributed by atoms with Gasteiger partial charge in [-0.25, -0.2) is 4.98 Å². The molecule has 4 rings (SSSR count). The highest BCUT2D eigenvalue weighted by Gasteiger charge is 2.32. The SMILES string of the molecule is Cc1ccccc1-c1ccc(N2CCN3CCC2C3)nc1.Cl.Cl. The number of fused-ring (bicyclic) bond motifs is 2. The van der Waals surface area contributed by atoms with E-state index in [9.17, 15) is 0 Å². The minimum Gasteiger partial charge on any atom is -0.351 e. The van der Waals surface area contributed by atoms with Crippen LogP contribution in [-0.2, 0) is 0 Å². The van der Waals surface area contributed by atoms with E-state index in [-0.39, 0.29) is 24.8 Å². The van der Waals surface area contributed by atoms with Gasteiger partial charge in [-0.15, -0.1) is 24.8 Å². The first-order valence-corrected chi connectivity index (χ1v) is 7.82. The van der Waals surface area contributed by atoms with E-state index in [1.165, 1.54) is 42.7 Å². The molecule has 2 aromatic rings. The molecule has 0 spiro atoms. The number of nitrogens with zero attached hydrogens (tertiary/aromatic N) is 3. The number of anilines is 1. The third-order valence-electron chi connectivity index (χ3n) is 4.84. The van der Waals surface area contributed by atoms with Crippen molar-refractivity contribution in [2.75, 3.05) is 31.1 Å². The second-order valence-electron chi connectivity index (χ2n) is 6.16. The summed E-state index contributed by atoms with van der Waals surface area (Å²) < 4.78 is 0. The maximum atomic E-state index is 4.74. The molecule has 2 aliphatic rings. The molecule has 1 aromatic heterocycles. The topological polar surface area (TPSA) is 19.4 Å². The molecule has 1 aromatic carbocycles. The molecule has 0 aliphatic carbocycles. The number of aryl methyl sites for hydroxylation is 1. The predicted octanol–water partition coefficient (Wildman–Crippen LogP) is 3.79. The summed E-state index contributed by atoms with van der Waals surface area (Å²) in [6, 6.07) is 13.6. The fourth-order valence-electron chi connectivity index (χ4n) is 3.62. The van der Waals surface area contributed by atoms with Crippen LogP contribution in [0.15, 0.2) is 42.6 Å². The van der Waals surface area contributed by atoms with Crippen LogP contribution in [0.4, 0.5) is 5.82 Å². The summed E-state index contributed by atoms with van der Waals surface area (Å²) in [6.45, 7) is 6.91. The first-order chi connectivity index (χ1) is 10.3. The van der Waals surface area contributed by atoms with Gasteiger partial charge in [0.05, 0.1) is 0 Å². The lowest BCUT2D eigenvalue weighted by Gasteiger charge is -2.35. The Bertz CT molecular complexity index is 645. The van der Waals surface area contributed by atoms with Gasteiger partial charge in [0.25, 0.3) is 0 Å². The number of hydrogen-bond acceptors (Lipinski definition) is 3. The molecule has 2 aliphatic heterocycles. The van der Waals surface area contributed by atoms with E-state index < -0.39 is 0 Å². The Hall–Kier alpha value is -1.29. The maximum absolute atomic E-state index is 4.74. The molecule has 2 bridgehead atoms. The molecule has 2 fully saturated rings. The number of aromatic nitrogens is 1. The predicted molar refractivity (Wildman–Crippen MR) is 101 cm³/mol. The molecule has 0 radical (unpaired) electrons. The molecule has 2 unspecified atom stereocenters. The second-order valence-corrected chi connectivity index (χ2v) is 6.16. The van der Waals surface area contributed by atoms with E-state index in [1.807, 2.05) is 6.20 Å². The lowest BCUT2D eigenvalue weighted by Crippen LogP contribution is -2.47. The Balaban J connectivity index is 0.000000960. The summed E-state index contributed by atoms with van der Waals surface area (Å²) in [5.74, 6) is 1.14. The van der Waals surface area contributed by atoms with E-state index in [4.69, 9.17) is 4.98 Å². The minimum atomic E-state index is 0. The zero-order valence-corrected chi connectivity index (χ0v) is 14.9. The van der Waals surface area contributed by atoms with Crippen molar-refractivity contribution in [3.8, 4) is 11.1 Å². The van der Waals surface area contributed by atoms with Gasteiger partial charge in [-0.1, -0.05) is 24.3 Å². The number of hydrogen-bond donors (Lipinski definition) is 0. The highest BCUT2D eigenvalue weighted by atomic mass is 35.5. The first kappa shape index (κ1) is 18.1. The van der Waals surface area contributed by atoms with E-state index in [0.717, 1.165) is 12.4 Å². The molecule has 0 amide bonds. The molecule has 2 saturated heterocycles. The molecule has 23 heavy (non-hydrogen) atoms. The van der Waals surface area contributed by atoms with Crippen LogP contribution in [0.25, 0.3) is 11.1 Å². The Morgan fingerprint density at radius 1 is 1.00 bits per heavy atom. The highest BCUT2D eigenvalue weighted by Crippen LogP contribution is 2.28. The van der Waals surface area contributed by atoms with Gasteiger partial charge in [-0.05, 0) is 36.6 Å². The lowest BCUT2D eigenvalue weighted by atomic mass is 10.0. The van der Waals surface area contributed by atoms with Crippen LogP contribution in [0, 0.1) is 6.92 Å². The molecular weight excluding hydrogens is 329 g/mol. The highest BCUT2D eigenvalue weighted by molar-refractivity contribution is 5.85. The van der Waals surface area contributed by atoms with Gasteiger partial charge >= 0.3 is 0 Å². The van der Waals surface area contributed by atoms with Gasteiger partial charge in [0, 0.05) is 44.0 Å². The van der Waals surface area contributed by atoms with E-state index >= 15 is 0 Å². The van der Waals surface area contributed by atoms with Gasteiger partial charge in [0.1, 0.15) is 5.82 Å². The third-order valence-corrected chi connectivity index (χ3v) is 4.84. The Labute approximate surface area is 150 Å². The number of piperazine rings is 1. The smallest absolute Gasteiger partial charge is 0.128 e. The summed E-state index contributed by atoms with van der Waals surface area (Å²) in [6.07, 6.45) is 3.31. The van der Waals surface area contributed by atoms with Crippen LogP contribution in [-0.4, -0.2) is 42.1 Å². The molecular formula is C18H23Cl2N3. The Morgan fingerprint density at radius 3 is 2.57 bits per heavy atom. The number of rotatable bonds is 2. The van der Waals surface area contributed by atoms with Crippen LogP contribution in [0.3, 0.4) is 0 Å². The van der Waals surface area contributed by atoms with Crippen molar-refractivity contribution in [2.45, 2.75) is 19.4 Å². The largest absolute Gasteiger partial charge is 0.351 e. The zero-order valence-electron chi connectivity index (χ0n) is 13.3. The van der Waals surface area contributed by atoms with Crippen LogP contribution in [0.2, 0.25) is 0 Å². The van der Waals surface area contributed by atoms with Crippen LogP contribution in [0.1, 0.15) is 12.0 Å². The fourth-order valence-corrected chi connectivity index (χ4v) is 3.62. The van der Waals surface area contributed by atoms with E-state index in [1.54, 1.807) is 0 Å². The summed E-state index contributed by atoms with van der Waals surface area (Å²) >= 11 is 0. The molecule has 124 valence electrons. The molecule has 0 saturated carbocycles. The molecule has 5 heteroatoms. The standard InChI is InChI=1S/C18H21N3.2ClH/c1-14-4-2-3-5-17(14)15-6-7-18(19-12-15)21-11-10-20-9-8-16(21)13-20;;/h2-7,12,16H,8-11,13H2,1H3;2*1H. The Morgan fingerprint density at radius 2 is 1.83 bits per heavy atom. The fraction of sp³-hybridized carbons (Fsp3) is 0.389. The zero-order chi connectivity index (χ0) is 14.2. The third kappa shape index (κ3) is 3.47. The van der Waals surface area contributed by atoms with Gasteiger partial charge < -0.3 is 4.90 Å². The van der Waals surface area contributed by atoms with Crippen molar-refractivity contribution in [2.24, 2.45) is 0 Å². The summed E-state index contributed by atoms with van der Waals surface area (Å²) in [5, 5.41) is 0. The van der Waals surface area contributed by atoms with E-state index in [2.05, 4.69) is 53.1 Å². The molecule has 0 N–H and O–H groups in total. The maximum Gasteiger partial charge on any atom is 0.128 e. The average Bonchev–Trinajstić information content (AvgIpc) is 2.90. The van der Waals surface area contributed by atoms with Gasteiger partial charge in [0.15, 0.2) is 0 Å². The minimum absolute atomic E-state index is 0. The Kier molecular flexibility index (Phi) is 5.90. The first-order valence-electron chi connectivity index (χ1n) is 7.82. The average molecular weight is 352 g/mol. The monoisotopic (exact) mass is 351 g/mol. The normalized spacial score (nSPS) is 22.2. The van der Waals surface area contributed by atoms with Crippen molar-refractivity contribution in [3.05, 3.63) is 48.2 Å². The van der Waals surface area contributed by atoms with Crippen LogP contribution >= 0.6 is 24.8 Å². The van der Waals surface area contributed by atoms with Crippen molar-refractivity contribution in [3.63, 3.8) is 0 Å². The quantitative estimate of drug-likeness (QED) is 0.820. The lowest BCUT2D eigenvalue weighted by molar-refractivity contribution is 0.310. The van der Waals surface area contributed by atoms with Crippen molar-refractivity contribution < 1.29 is 0 Å². The summed E-state index contributed by atoms with van der Waals surface area (Å²) in [5.41, 5.74) is 3.79. The second kappa shape index (κ2) is 7.52. The number of halogens is 2. The van der Waals surface area contributed by atoms with Gasteiger partial charge in [-0.3, -0.25) is 4.90 Å². The number of pyridine rings is 1. The van der Waals surface area contributed by atoms with Crippen molar-refractivity contribution in [1.29, 1.82) is 0 Å². The van der Waals surface area contributed by atoms with E-state index in [0.29, 0.717) is 6.04 Å². The molecule has 3 nitrogen and oxygen atoms in total. The van der Waals surface area contributed by atoms with Crippen LogP contribution < -0.4 is 4.90 Å². The number of benzene rings is 1. The molecule has 2 atom stereocenters. The van der Waals surface area contributed by atoms with Crippen LogP contribution in [0.5, 0.6) is 0 Å². The summed E-state index contributed by atoms with van der Waals surface area (Å²) in [4.78, 5) is 9.79. The van der Waals surface area contributed by atoms with Crippen molar-refractivity contribution in [1.82, 2.24) is 9.88 Å².